The number of aromatic nitrogens is 1. The van der Waals surface area contributed by atoms with Crippen molar-refractivity contribution in [3.05, 3.63) is 52.0 Å². The lowest BCUT2D eigenvalue weighted by atomic mass is 10.2. The van der Waals surface area contributed by atoms with E-state index in [1.54, 1.807) is 11.3 Å². The summed E-state index contributed by atoms with van der Waals surface area (Å²) < 4.78 is 24.5. The Kier molecular flexibility index (Phi) is 11.0. The van der Waals surface area contributed by atoms with Crippen molar-refractivity contribution in [3.63, 3.8) is 0 Å². The molecular weight excluding hydrogens is 507 g/mol. The van der Waals surface area contributed by atoms with Crippen LogP contribution in [-0.4, -0.2) is 50.2 Å². The third-order valence-electron chi connectivity index (χ3n) is 3.87. The summed E-state index contributed by atoms with van der Waals surface area (Å²) in [6.07, 6.45) is 0.508. The molecule has 0 saturated heterocycles. The number of guanidine groups is 1. The molecule has 0 aliphatic rings. The Balaban J connectivity index is 0.00000392. The van der Waals surface area contributed by atoms with Crippen LogP contribution >= 0.6 is 35.3 Å². The van der Waals surface area contributed by atoms with E-state index in [9.17, 15) is 8.42 Å². The second kappa shape index (κ2) is 12.4. The minimum absolute atomic E-state index is 0. The molecule has 0 amide bonds. The quantitative estimate of drug-likeness (QED) is 0.230. The second-order valence-corrected chi connectivity index (χ2v) is 9.63. The summed E-state index contributed by atoms with van der Waals surface area (Å²) in [6, 6.07) is 9.29. The monoisotopic (exact) mass is 536 g/mol. The van der Waals surface area contributed by atoms with Crippen LogP contribution in [-0.2, 0) is 22.1 Å². The summed E-state index contributed by atoms with van der Waals surface area (Å²) in [6.45, 7) is 5.90. The zero-order valence-electron chi connectivity index (χ0n) is 16.6. The normalized spacial score (nSPS) is 11.8. The number of rotatable bonds is 9. The van der Waals surface area contributed by atoms with Gasteiger partial charge in [0.1, 0.15) is 0 Å². The van der Waals surface area contributed by atoms with Gasteiger partial charge in [0.05, 0.1) is 28.8 Å². The fraction of sp³-hybridized carbons (Fsp3) is 0.474. The predicted molar refractivity (Wildman–Crippen MR) is 128 cm³/mol. The van der Waals surface area contributed by atoms with Gasteiger partial charge in [0.2, 0.25) is 0 Å². The van der Waals surface area contributed by atoms with Crippen molar-refractivity contribution in [1.82, 2.24) is 15.2 Å². The van der Waals surface area contributed by atoms with Crippen LogP contribution in [0, 0.1) is 6.92 Å². The molecule has 6 nitrogen and oxygen atoms in total. The summed E-state index contributed by atoms with van der Waals surface area (Å²) in [5, 5.41) is 6.34. The van der Waals surface area contributed by atoms with E-state index in [1.807, 2.05) is 61.5 Å². The number of benzene rings is 1. The van der Waals surface area contributed by atoms with Gasteiger partial charge in [0, 0.05) is 25.5 Å². The van der Waals surface area contributed by atoms with E-state index in [0.717, 1.165) is 28.8 Å². The van der Waals surface area contributed by atoms with E-state index in [1.165, 1.54) is 0 Å². The average Bonchev–Trinajstić information content (AvgIpc) is 3.02. The Morgan fingerprint density at radius 3 is 2.61 bits per heavy atom. The summed E-state index contributed by atoms with van der Waals surface area (Å²) in [5.41, 5.74) is 1.84. The maximum absolute atomic E-state index is 12.3. The van der Waals surface area contributed by atoms with Gasteiger partial charge in [-0.15, -0.1) is 35.3 Å². The SMILES string of the molecule is CCNC(=NCCCS(=O)(=O)Cc1ccccc1)N(C)Cc1csc(C)n1.I. The van der Waals surface area contributed by atoms with E-state index in [-0.39, 0.29) is 35.5 Å². The fourth-order valence-electron chi connectivity index (χ4n) is 2.64. The summed E-state index contributed by atoms with van der Waals surface area (Å²) in [5.74, 6) is 0.990. The van der Waals surface area contributed by atoms with E-state index >= 15 is 0 Å². The number of nitrogens with one attached hydrogen (secondary N) is 1. The van der Waals surface area contributed by atoms with E-state index in [2.05, 4.69) is 15.3 Å². The van der Waals surface area contributed by atoms with E-state index in [4.69, 9.17) is 0 Å². The molecule has 28 heavy (non-hydrogen) atoms. The Bertz CT molecular complexity index is 839. The molecule has 0 aliphatic carbocycles. The van der Waals surface area contributed by atoms with Crippen molar-refractivity contribution in [3.8, 4) is 0 Å². The number of sulfone groups is 1. The van der Waals surface area contributed by atoms with Crippen LogP contribution in [0.3, 0.4) is 0 Å². The third-order valence-corrected chi connectivity index (χ3v) is 6.37. The molecule has 1 heterocycles. The highest BCUT2D eigenvalue weighted by atomic mass is 127. The van der Waals surface area contributed by atoms with Crippen LogP contribution in [0.15, 0.2) is 40.7 Å². The molecule has 0 radical (unpaired) electrons. The molecule has 156 valence electrons. The van der Waals surface area contributed by atoms with Gasteiger partial charge in [0.15, 0.2) is 15.8 Å². The number of hydrogen-bond donors (Lipinski definition) is 1. The number of aryl methyl sites for hydroxylation is 1. The molecule has 0 bridgehead atoms. The molecule has 0 unspecified atom stereocenters. The predicted octanol–water partition coefficient (Wildman–Crippen LogP) is 3.47. The molecule has 0 atom stereocenters. The second-order valence-electron chi connectivity index (χ2n) is 6.38. The summed E-state index contributed by atoms with van der Waals surface area (Å²) >= 11 is 1.63. The fourth-order valence-corrected chi connectivity index (χ4v) is 4.66. The Morgan fingerprint density at radius 1 is 1.29 bits per heavy atom. The van der Waals surface area contributed by atoms with Gasteiger partial charge in [0.25, 0.3) is 0 Å². The maximum atomic E-state index is 12.3. The van der Waals surface area contributed by atoms with Crippen molar-refractivity contribution < 1.29 is 8.42 Å². The van der Waals surface area contributed by atoms with Crippen LogP contribution in [0.1, 0.15) is 29.6 Å². The zero-order chi connectivity index (χ0) is 19.7. The van der Waals surface area contributed by atoms with Crippen molar-refractivity contribution in [2.45, 2.75) is 32.6 Å². The lowest BCUT2D eigenvalue weighted by molar-refractivity contribution is 0.471. The molecule has 2 rings (SSSR count). The Morgan fingerprint density at radius 2 is 2.00 bits per heavy atom. The summed E-state index contributed by atoms with van der Waals surface area (Å²) in [7, 11) is -1.16. The molecule has 0 saturated carbocycles. The first-order valence-corrected chi connectivity index (χ1v) is 11.7. The topological polar surface area (TPSA) is 74.7 Å². The highest BCUT2D eigenvalue weighted by molar-refractivity contribution is 14.0. The zero-order valence-corrected chi connectivity index (χ0v) is 20.6. The molecule has 0 aliphatic heterocycles. The third kappa shape index (κ3) is 8.87. The first-order chi connectivity index (χ1) is 12.9. The van der Waals surface area contributed by atoms with Gasteiger partial charge < -0.3 is 10.2 Å². The molecule has 0 spiro atoms. The standard InChI is InChI=1S/C19H28N4O2S2.HI/c1-4-20-19(23(3)13-18-14-26-16(2)22-18)21-11-8-12-27(24,25)15-17-9-6-5-7-10-17;/h5-7,9-10,14H,4,8,11-13,15H2,1-3H3,(H,20,21);1H. The van der Waals surface area contributed by atoms with Gasteiger partial charge in [-0.1, -0.05) is 30.3 Å². The van der Waals surface area contributed by atoms with Crippen molar-refractivity contribution >= 4 is 51.1 Å². The number of nitrogens with zero attached hydrogens (tertiary/aromatic N) is 3. The van der Waals surface area contributed by atoms with Crippen LogP contribution in [0.5, 0.6) is 0 Å². The molecule has 0 fully saturated rings. The first-order valence-electron chi connectivity index (χ1n) is 9.04. The Hall–Kier alpha value is -1.20. The van der Waals surface area contributed by atoms with Gasteiger partial charge in [-0.3, -0.25) is 4.99 Å². The minimum Gasteiger partial charge on any atom is -0.357 e. The van der Waals surface area contributed by atoms with E-state index < -0.39 is 9.84 Å². The lowest BCUT2D eigenvalue weighted by Crippen LogP contribution is -2.38. The first kappa shape index (κ1) is 24.8. The van der Waals surface area contributed by atoms with Gasteiger partial charge >= 0.3 is 0 Å². The molecule has 1 aromatic carbocycles. The van der Waals surface area contributed by atoms with E-state index in [0.29, 0.717) is 19.5 Å². The lowest BCUT2D eigenvalue weighted by Gasteiger charge is -2.21. The molecular formula is C19H29IN4O2S2. The Labute approximate surface area is 189 Å². The molecule has 1 aromatic heterocycles. The molecule has 9 heteroatoms. The van der Waals surface area contributed by atoms with Crippen molar-refractivity contribution in [2.24, 2.45) is 4.99 Å². The average molecular weight is 537 g/mol. The van der Waals surface area contributed by atoms with Crippen LogP contribution < -0.4 is 5.32 Å². The number of hydrogen-bond acceptors (Lipinski definition) is 5. The number of aliphatic imine (C=N–C) groups is 1. The van der Waals surface area contributed by atoms with Crippen LogP contribution in [0.25, 0.3) is 0 Å². The maximum Gasteiger partial charge on any atom is 0.194 e. The molecule has 2 aromatic rings. The number of halogens is 1. The van der Waals surface area contributed by atoms with Crippen molar-refractivity contribution in [2.75, 3.05) is 25.9 Å². The summed E-state index contributed by atoms with van der Waals surface area (Å²) in [4.78, 5) is 11.1. The van der Waals surface area contributed by atoms with Crippen molar-refractivity contribution in [1.29, 1.82) is 0 Å². The van der Waals surface area contributed by atoms with Crippen LogP contribution in [0.2, 0.25) is 0 Å². The smallest absolute Gasteiger partial charge is 0.194 e. The van der Waals surface area contributed by atoms with Gasteiger partial charge in [-0.25, -0.2) is 13.4 Å². The van der Waals surface area contributed by atoms with Crippen LogP contribution in [0.4, 0.5) is 0 Å². The minimum atomic E-state index is -3.12. The number of thiazole rings is 1. The van der Waals surface area contributed by atoms with Gasteiger partial charge in [-0.2, -0.15) is 0 Å². The highest BCUT2D eigenvalue weighted by Crippen LogP contribution is 2.10. The molecule has 1 N–H and O–H groups in total. The highest BCUT2D eigenvalue weighted by Gasteiger charge is 2.12. The largest absolute Gasteiger partial charge is 0.357 e. The van der Waals surface area contributed by atoms with Gasteiger partial charge in [-0.05, 0) is 25.8 Å².